The molecule has 8 rings (SSSR count). The van der Waals surface area contributed by atoms with Gasteiger partial charge in [0.15, 0.2) is 44.0 Å². The van der Waals surface area contributed by atoms with Crippen molar-refractivity contribution in [3.05, 3.63) is 0 Å². The second-order valence-electron chi connectivity index (χ2n) is 25.1. The molecule has 0 spiro atoms. The molecule has 8 saturated heterocycles. The maximum absolute atomic E-state index is 12.8. The molecule has 0 aromatic carbocycles. The van der Waals surface area contributed by atoms with Crippen LogP contribution in [0.5, 0.6) is 0 Å². The number of amides is 1. The number of carbonyl (C=O) groups excluding carboxylic acids is 1. The number of hydrogen-bond donors (Lipinski definition) is 29. The molecule has 582 valence electrons. The minimum absolute atomic E-state index is 0.890. The third kappa shape index (κ3) is 17.3. The average molecular weight is 1470 g/mol. The zero-order valence-electron chi connectivity index (χ0n) is 52.5. The third-order valence-corrected chi connectivity index (χ3v) is 18.3. The zero-order chi connectivity index (χ0) is 74.0. The van der Waals surface area contributed by atoms with Crippen LogP contribution in [0.25, 0.3) is 0 Å². The molecule has 0 unspecified atom stereocenters. The molecule has 1 amide bonds. The number of carbonyl (C=O) groups is 2. The standard InChI is InChI=1S/C54H91NO45/c1-11(64)55-21-25(72)22(69)16(6-59)86-46(21)99-45-42(96-49-32(79)28(75)40(19(9-62)89-49)94-47-30(77)26(73)23(70)17(7-60)87-47)34(81)36(13(66)3-56)91-52(45)97-43-35(82)51(92-37-12(65)2-54(85,53(83)84)100-39(37)15(68)5-58)93-38(14(67)4-57)44(43)98-50-33(80)29(76)41(20(10-63)90-50)95-48-31(78)27(74)24(71)18(8-61)88-48/h12-52,56-63,65-82,85H,2-10H2,1H3,(H,55,64)(H,83,84)/t12-,13+,14+,15-,16-,17-,18-,19-,20-,21-,22-,23+,24+,25-,26+,27+,28-,29-,30-,31-,32-,33-,34-,35+,36-,37-,38-,39-,40-,41-,42+,43-,44-,45+,46-,47+,48+,49-,50+,51+,52-,54-/m1/s1. The normalized spacial score (nSPS) is 49.9. The Bertz CT molecular complexity index is 2540. The summed E-state index contributed by atoms with van der Waals surface area (Å²) in [5.74, 6) is -6.50. The van der Waals surface area contributed by atoms with Crippen LogP contribution in [0.15, 0.2) is 0 Å². The number of hydrogen-bond acceptors (Lipinski definition) is 44. The topological polar surface area (TPSA) is 751 Å². The second kappa shape index (κ2) is 35.3. The van der Waals surface area contributed by atoms with Crippen LogP contribution >= 0.6 is 0 Å². The van der Waals surface area contributed by atoms with Crippen molar-refractivity contribution in [2.75, 3.05) is 52.9 Å². The van der Waals surface area contributed by atoms with Gasteiger partial charge in [-0.3, -0.25) is 4.79 Å². The number of rotatable bonds is 27. The molecule has 0 bridgehead atoms. The summed E-state index contributed by atoms with van der Waals surface area (Å²) < 4.78 is 87.7. The van der Waals surface area contributed by atoms with E-state index in [1.165, 1.54) is 0 Å². The summed E-state index contributed by atoms with van der Waals surface area (Å²) in [6.45, 7) is -8.91. The first-order chi connectivity index (χ1) is 47.2. The lowest BCUT2D eigenvalue weighted by atomic mass is 9.91. The van der Waals surface area contributed by atoms with Crippen LogP contribution in [-0.2, 0) is 80.6 Å². The monoisotopic (exact) mass is 1470 g/mol. The average Bonchev–Trinajstić information content (AvgIpc) is 0.756. The van der Waals surface area contributed by atoms with E-state index in [4.69, 9.17) is 71.1 Å². The maximum Gasteiger partial charge on any atom is 0.364 e. The summed E-state index contributed by atoms with van der Waals surface area (Å²) in [4.78, 5) is 25.0. The van der Waals surface area contributed by atoms with Crippen LogP contribution in [-0.4, -0.2) is 465 Å². The molecule has 100 heavy (non-hydrogen) atoms. The number of carboxylic acids is 1. The fourth-order valence-electron chi connectivity index (χ4n) is 12.7. The van der Waals surface area contributed by atoms with Gasteiger partial charge in [-0.25, -0.2) is 4.79 Å². The summed E-state index contributed by atoms with van der Waals surface area (Å²) in [6, 6.07) is -2.02. The Hall–Kier alpha value is -2.74. The fourth-order valence-corrected chi connectivity index (χ4v) is 12.7. The molecule has 0 aromatic heterocycles. The molecular weight excluding hydrogens is 1380 g/mol. The van der Waals surface area contributed by atoms with Gasteiger partial charge in [-0.05, 0) is 0 Å². The Labute approximate surface area is 563 Å². The molecule has 0 saturated carbocycles. The number of ether oxygens (including phenoxy) is 15. The molecule has 42 atom stereocenters. The molecule has 8 aliphatic heterocycles. The molecule has 0 aliphatic carbocycles. The highest BCUT2D eigenvalue weighted by Crippen LogP contribution is 2.42. The van der Waals surface area contributed by atoms with Crippen molar-refractivity contribution < 1.29 is 224 Å². The lowest BCUT2D eigenvalue weighted by Crippen LogP contribution is -2.72. The van der Waals surface area contributed by atoms with Crippen molar-refractivity contribution in [1.29, 1.82) is 0 Å². The molecular formula is C54H91NO45. The van der Waals surface area contributed by atoms with Crippen molar-refractivity contribution in [1.82, 2.24) is 5.32 Å². The first-order valence-corrected chi connectivity index (χ1v) is 31.4. The highest BCUT2D eigenvalue weighted by atomic mass is 16.8. The van der Waals surface area contributed by atoms with E-state index in [2.05, 4.69) is 5.32 Å². The fraction of sp³-hybridized carbons (Fsp3) is 0.963. The largest absolute Gasteiger partial charge is 0.477 e. The molecule has 8 heterocycles. The van der Waals surface area contributed by atoms with Crippen LogP contribution in [0.4, 0.5) is 0 Å². The summed E-state index contributed by atoms with van der Waals surface area (Å²) in [7, 11) is 0. The van der Waals surface area contributed by atoms with Gasteiger partial charge < -0.3 is 219 Å². The van der Waals surface area contributed by atoms with Gasteiger partial charge in [0.25, 0.3) is 5.79 Å². The molecule has 29 N–H and O–H groups in total. The smallest absolute Gasteiger partial charge is 0.364 e. The van der Waals surface area contributed by atoms with Gasteiger partial charge in [0.05, 0.1) is 59.0 Å². The van der Waals surface area contributed by atoms with Gasteiger partial charge in [-0.1, -0.05) is 0 Å². The van der Waals surface area contributed by atoms with E-state index >= 15 is 0 Å². The van der Waals surface area contributed by atoms with E-state index in [9.17, 15) is 153 Å². The van der Waals surface area contributed by atoms with E-state index in [-0.39, 0.29) is 0 Å². The first kappa shape index (κ1) is 82.9. The molecule has 8 aliphatic rings. The third-order valence-electron chi connectivity index (χ3n) is 18.3. The SMILES string of the molecule is CC(=O)N[C@H]1[C@@H](O[C@@H]2[C@@H](O[C@@H]3[C@H](O)[C@@H](O[C@H]4[C@@H]([C@H](O)CO)O[C@@](O)(C(=O)O)C[C@H]4O)O[C@H]([C@@H](O)CO)[C@H]3O[C@@H]3O[C@H](CO)[C@@H](O[C@@H]4O[C@H](CO)[C@H](O)[C@H](O)[C@H]4O)[C@H](O)[C@H]3O)O[C@H]([C@@H](O)CO)[C@@H](O)[C@@H]2O[C@H]2O[C@H](CO)[C@@H](O[C@@H]3O[C@H](CO)[C@H](O)[C@H](O)[C@H]3O)[C@H](O)[C@H]2O)O[C@H](CO)[C@@H](O)[C@@H]1O. The van der Waals surface area contributed by atoms with Crippen molar-refractivity contribution >= 4 is 11.9 Å². The Morgan fingerprint density at radius 2 is 0.710 bits per heavy atom. The number of aliphatic hydroxyl groups excluding tert-OH is 26. The minimum Gasteiger partial charge on any atom is -0.477 e. The highest BCUT2D eigenvalue weighted by molar-refractivity contribution is 5.75. The Morgan fingerprint density at radius 1 is 0.370 bits per heavy atom. The first-order valence-electron chi connectivity index (χ1n) is 31.4. The van der Waals surface area contributed by atoms with E-state index in [1.54, 1.807) is 0 Å². The van der Waals surface area contributed by atoms with Crippen LogP contribution in [0.1, 0.15) is 13.3 Å². The van der Waals surface area contributed by atoms with Gasteiger partial charge >= 0.3 is 5.97 Å². The molecule has 0 aromatic rings. The summed E-state index contributed by atoms with van der Waals surface area (Å²) in [6.07, 6.45) is -92.8. The number of aliphatic hydroxyl groups is 27. The molecule has 8 fully saturated rings. The molecule has 46 nitrogen and oxygen atoms in total. The minimum atomic E-state index is -3.35. The van der Waals surface area contributed by atoms with Crippen molar-refractivity contribution in [2.45, 2.75) is 271 Å². The van der Waals surface area contributed by atoms with Gasteiger partial charge in [-0.15, -0.1) is 0 Å². The Morgan fingerprint density at radius 3 is 1.15 bits per heavy atom. The van der Waals surface area contributed by atoms with E-state index < -0.39 is 328 Å². The predicted molar refractivity (Wildman–Crippen MR) is 299 cm³/mol. The quantitative estimate of drug-likeness (QED) is 0.0363. The summed E-state index contributed by atoms with van der Waals surface area (Å²) >= 11 is 0. The molecule has 0 radical (unpaired) electrons. The maximum atomic E-state index is 12.8. The van der Waals surface area contributed by atoms with Gasteiger partial charge in [-0.2, -0.15) is 0 Å². The number of aliphatic carboxylic acids is 1. The van der Waals surface area contributed by atoms with Gasteiger partial charge in [0, 0.05) is 13.3 Å². The van der Waals surface area contributed by atoms with Crippen molar-refractivity contribution in [3.8, 4) is 0 Å². The van der Waals surface area contributed by atoms with Crippen molar-refractivity contribution in [2.24, 2.45) is 0 Å². The zero-order valence-corrected chi connectivity index (χ0v) is 52.5. The number of nitrogens with one attached hydrogen (secondary N) is 1. The second-order valence-corrected chi connectivity index (χ2v) is 25.1. The van der Waals surface area contributed by atoms with Crippen LogP contribution < -0.4 is 5.32 Å². The molecule has 46 heteroatoms. The Kier molecular flexibility index (Phi) is 29.3. The predicted octanol–water partition coefficient (Wildman–Crippen LogP) is -19.7. The van der Waals surface area contributed by atoms with E-state index in [0.29, 0.717) is 0 Å². The van der Waals surface area contributed by atoms with Crippen molar-refractivity contribution in [3.63, 3.8) is 0 Å². The highest BCUT2D eigenvalue weighted by Gasteiger charge is 2.63. The van der Waals surface area contributed by atoms with Crippen LogP contribution in [0.2, 0.25) is 0 Å². The lowest BCUT2D eigenvalue weighted by molar-refractivity contribution is -0.422. The lowest BCUT2D eigenvalue weighted by Gasteiger charge is -2.53. The van der Waals surface area contributed by atoms with E-state index in [0.717, 1.165) is 6.92 Å². The van der Waals surface area contributed by atoms with Crippen LogP contribution in [0.3, 0.4) is 0 Å². The summed E-state index contributed by atoms with van der Waals surface area (Å²) in [5, 5.41) is 309. The van der Waals surface area contributed by atoms with Gasteiger partial charge in [0.2, 0.25) is 5.91 Å². The van der Waals surface area contributed by atoms with E-state index in [1.807, 2.05) is 0 Å². The van der Waals surface area contributed by atoms with Gasteiger partial charge in [0.1, 0.15) is 201 Å². The summed E-state index contributed by atoms with van der Waals surface area (Å²) in [5.41, 5.74) is 0. The van der Waals surface area contributed by atoms with Crippen LogP contribution in [0, 0.1) is 0 Å². The Balaban J connectivity index is 1.24. The number of carboxylic acid groups (broad SMARTS) is 1.